The van der Waals surface area contributed by atoms with Gasteiger partial charge < -0.3 is 4.90 Å². The van der Waals surface area contributed by atoms with Gasteiger partial charge in [0.25, 0.3) is 0 Å². The van der Waals surface area contributed by atoms with Crippen molar-refractivity contribution in [2.24, 2.45) is 7.05 Å². The normalized spacial score (nSPS) is 12.7. The van der Waals surface area contributed by atoms with Crippen LogP contribution >= 0.6 is 0 Å². The first kappa shape index (κ1) is 16.7. The Morgan fingerprint density at radius 2 is 1.96 bits per heavy atom. The zero-order chi connectivity index (χ0) is 19.0. The van der Waals surface area contributed by atoms with Crippen molar-refractivity contribution in [1.82, 2.24) is 19.7 Å². The van der Waals surface area contributed by atoms with Gasteiger partial charge in [-0.15, -0.1) is 0 Å². The summed E-state index contributed by atoms with van der Waals surface area (Å²) in [6.45, 7) is 0.759. The highest BCUT2D eigenvalue weighted by molar-refractivity contribution is 5.91. The molecule has 9 nitrogen and oxygen atoms in total. The third-order valence-corrected chi connectivity index (χ3v) is 4.35. The van der Waals surface area contributed by atoms with E-state index in [0.29, 0.717) is 18.8 Å². The number of benzene rings is 1. The summed E-state index contributed by atoms with van der Waals surface area (Å²) in [4.78, 5) is 29.2. The van der Waals surface area contributed by atoms with E-state index in [2.05, 4.69) is 15.4 Å². The van der Waals surface area contributed by atoms with Gasteiger partial charge in [-0.05, 0) is 6.07 Å². The fourth-order valence-electron chi connectivity index (χ4n) is 3.08. The number of amides is 2. The molecule has 2 amide bonds. The first-order chi connectivity index (χ1) is 13.0. The van der Waals surface area contributed by atoms with Crippen LogP contribution in [-0.4, -0.2) is 30.6 Å². The number of aromatic nitrogens is 3. The van der Waals surface area contributed by atoms with Gasteiger partial charge in [-0.1, -0.05) is 30.3 Å². The van der Waals surface area contributed by atoms with Crippen LogP contribution in [0.4, 0.5) is 16.3 Å². The zero-order valence-corrected chi connectivity index (χ0v) is 14.5. The quantitative estimate of drug-likeness (QED) is 0.568. The number of nitrogens with one attached hydrogen (secondary N) is 1. The molecule has 0 fully saturated rings. The molecular formula is C18H16N6O3. The van der Waals surface area contributed by atoms with E-state index in [9.17, 15) is 14.9 Å². The number of nitro groups is 1. The molecule has 0 spiro atoms. The van der Waals surface area contributed by atoms with Gasteiger partial charge in [-0.25, -0.2) is 9.78 Å². The van der Waals surface area contributed by atoms with Crippen molar-refractivity contribution in [1.29, 1.82) is 0 Å². The van der Waals surface area contributed by atoms with E-state index in [1.54, 1.807) is 10.7 Å². The second-order valence-corrected chi connectivity index (χ2v) is 6.25. The lowest BCUT2D eigenvalue weighted by molar-refractivity contribution is -0.384. The lowest BCUT2D eigenvalue weighted by atomic mass is 10.1. The first-order valence-corrected chi connectivity index (χ1v) is 8.29. The third kappa shape index (κ3) is 3.22. The molecule has 1 aromatic carbocycles. The molecule has 3 heterocycles. The summed E-state index contributed by atoms with van der Waals surface area (Å²) in [7, 11) is 1.82. The van der Waals surface area contributed by atoms with Crippen molar-refractivity contribution >= 4 is 17.5 Å². The number of pyridine rings is 1. The predicted octanol–water partition coefficient (Wildman–Crippen LogP) is 2.94. The van der Waals surface area contributed by atoms with Crippen LogP contribution in [-0.2, 0) is 20.1 Å². The van der Waals surface area contributed by atoms with Gasteiger partial charge in [0.05, 0.1) is 29.4 Å². The van der Waals surface area contributed by atoms with Crippen LogP contribution in [0, 0.1) is 10.1 Å². The molecule has 0 bridgehead atoms. The molecule has 136 valence electrons. The Balaban J connectivity index is 1.59. The molecule has 3 aromatic rings. The maximum atomic E-state index is 12.6. The van der Waals surface area contributed by atoms with Crippen LogP contribution in [0.25, 0.3) is 11.3 Å². The Morgan fingerprint density at radius 3 is 2.67 bits per heavy atom. The van der Waals surface area contributed by atoms with Gasteiger partial charge >= 0.3 is 11.7 Å². The summed E-state index contributed by atoms with van der Waals surface area (Å²) in [6, 6.07) is 11.7. The SMILES string of the molecule is Cn1cc2c(n1)CN(C(=O)Nc1nc(-c3ccccc3)ccc1[N+](=O)[O-])C2. The Bertz CT molecular complexity index is 1010. The average Bonchev–Trinajstić information content (AvgIpc) is 3.19. The van der Waals surface area contributed by atoms with E-state index >= 15 is 0 Å². The maximum absolute atomic E-state index is 12.6. The molecule has 0 unspecified atom stereocenters. The van der Waals surface area contributed by atoms with Crippen LogP contribution in [0.1, 0.15) is 11.3 Å². The number of rotatable bonds is 3. The molecule has 0 saturated carbocycles. The van der Waals surface area contributed by atoms with E-state index in [0.717, 1.165) is 16.8 Å². The number of hydrogen-bond acceptors (Lipinski definition) is 5. The van der Waals surface area contributed by atoms with Crippen LogP contribution in [0.3, 0.4) is 0 Å². The van der Waals surface area contributed by atoms with Crippen LogP contribution in [0.15, 0.2) is 48.7 Å². The summed E-state index contributed by atoms with van der Waals surface area (Å²) in [5.41, 5.74) is 2.89. The van der Waals surface area contributed by atoms with Crippen LogP contribution in [0.2, 0.25) is 0 Å². The topological polar surface area (TPSA) is 106 Å². The Kier molecular flexibility index (Phi) is 4.03. The van der Waals surface area contributed by atoms with E-state index in [-0.39, 0.29) is 11.5 Å². The first-order valence-electron chi connectivity index (χ1n) is 8.29. The van der Waals surface area contributed by atoms with E-state index in [4.69, 9.17) is 0 Å². The number of carbonyl (C=O) groups is 1. The summed E-state index contributed by atoms with van der Waals surface area (Å²) < 4.78 is 1.70. The zero-order valence-electron chi connectivity index (χ0n) is 14.5. The molecule has 1 aliphatic rings. The molecule has 1 N–H and O–H groups in total. The maximum Gasteiger partial charge on any atom is 0.323 e. The lowest BCUT2D eigenvalue weighted by Crippen LogP contribution is -2.31. The number of anilines is 1. The Morgan fingerprint density at radius 1 is 1.19 bits per heavy atom. The molecule has 0 radical (unpaired) electrons. The van der Waals surface area contributed by atoms with E-state index < -0.39 is 11.0 Å². The summed E-state index contributed by atoms with van der Waals surface area (Å²) in [5, 5.41) is 18.2. The summed E-state index contributed by atoms with van der Waals surface area (Å²) >= 11 is 0. The fourth-order valence-corrected chi connectivity index (χ4v) is 3.08. The number of urea groups is 1. The number of fused-ring (bicyclic) bond motifs is 1. The second-order valence-electron chi connectivity index (χ2n) is 6.25. The highest BCUT2D eigenvalue weighted by Crippen LogP contribution is 2.28. The molecule has 4 rings (SSSR count). The molecule has 1 aliphatic heterocycles. The fraction of sp³-hybridized carbons (Fsp3) is 0.167. The minimum atomic E-state index is -0.558. The minimum Gasteiger partial charge on any atom is -0.314 e. The minimum absolute atomic E-state index is 0.0727. The van der Waals surface area contributed by atoms with Crippen molar-refractivity contribution in [3.63, 3.8) is 0 Å². The summed E-state index contributed by atoms with van der Waals surface area (Å²) in [5.74, 6) is -0.0727. The van der Waals surface area contributed by atoms with Crippen molar-refractivity contribution < 1.29 is 9.72 Å². The van der Waals surface area contributed by atoms with E-state index in [1.807, 2.05) is 43.6 Å². The van der Waals surface area contributed by atoms with Gasteiger partial charge in [-0.2, -0.15) is 5.10 Å². The lowest BCUT2D eigenvalue weighted by Gasteiger charge is -2.16. The third-order valence-electron chi connectivity index (χ3n) is 4.35. The Hall–Kier alpha value is -3.75. The van der Waals surface area contributed by atoms with Gasteiger partial charge in [0.15, 0.2) is 0 Å². The number of nitrogens with zero attached hydrogens (tertiary/aromatic N) is 5. The van der Waals surface area contributed by atoms with Crippen LogP contribution < -0.4 is 5.32 Å². The molecule has 0 aliphatic carbocycles. The monoisotopic (exact) mass is 364 g/mol. The van der Waals surface area contributed by atoms with Gasteiger partial charge in [0.1, 0.15) is 0 Å². The van der Waals surface area contributed by atoms with Crippen LogP contribution in [0.5, 0.6) is 0 Å². The molecule has 2 aromatic heterocycles. The van der Waals surface area contributed by atoms with Gasteiger partial charge in [0.2, 0.25) is 5.82 Å². The number of hydrogen-bond donors (Lipinski definition) is 1. The largest absolute Gasteiger partial charge is 0.323 e. The molecular weight excluding hydrogens is 348 g/mol. The van der Waals surface area contributed by atoms with Crippen molar-refractivity contribution in [3.05, 3.63) is 70.0 Å². The summed E-state index contributed by atoms with van der Waals surface area (Å²) in [6.07, 6.45) is 1.86. The van der Waals surface area contributed by atoms with Crippen molar-refractivity contribution in [2.75, 3.05) is 5.32 Å². The highest BCUT2D eigenvalue weighted by Gasteiger charge is 2.28. The van der Waals surface area contributed by atoms with Gasteiger partial charge in [-0.3, -0.25) is 20.1 Å². The standard InChI is InChI=1S/C18H16N6O3/c1-22-9-13-10-23(11-15(13)21-22)18(25)20-17-16(24(26)27)8-7-14(19-17)12-5-3-2-4-6-12/h2-9H,10-11H2,1H3,(H,19,20,25). The molecule has 0 saturated heterocycles. The highest BCUT2D eigenvalue weighted by atomic mass is 16.6. The smallest absolute Gasteiger partial charge is 0.314 e. The molecule has 9 heteroatoms. The molecule has 27 heavy (non-hydrogen) atoms. The molecule has 0 atom stereocenters. The average molecular weight is 364 g/mol. The van der Waals surface area contributed by atoms with E-state index in [1.165, 1.54) is 11.0 Å². The number of aryl methyl sites for hydroxylation is 1. The second kappa shape index (κ2) is 6.52. The predicted molar refractivity (Wildman–Crippen MR) is 97.8 cm³/mol. The van der Waals surface area contributed by atoms with Crippen molar-refractivity contribution in [2.45, 2.75) is 13.1 Å². The van der Waals surface area contributed by atoms with Gasteiger partial charge in [0, 0.05) is 30.4 Å². The Labute approximate surface area is 154 Å². The number of carbonyl (C=O) groups excluding carboxylic acids is 1. The van der Waals surface area contributed by atoms with Crippen molar-refractivity contribution in [3.8, 4) is 11.3 Å².